The summed E-state index contributed by atoms with van der Waals surface area (Å²) in [4.78, 5) is 17.7. The zero-order valence-electron chi connectivity index (χ0n) is 15.8. The average molecular weight is 389 g/mol. The summed E-state index contributed by atoms with van der Waals surface area (Å²) < 4.78 is 14.5. The van der Waals surface area contributed by atoms with Gasteiger partial charge in [0.15, 0.2) is 5.78 Å². The van der Waals surface area contributed by atoms with Gasteiger partial charge in [-0.15, -0.1) is 0 Å². The fourth-order valence-corrected chi connectivity index (χ4v) is 4.65. The van der Waals surface area contributed by atoms with Crippen molar-refractivity contribution >= 4 is 18.4 Å². The molecule has 1 aromatic rings. The van der Waals surface area contributed by atoms with Crippen molar-refractivity contribution in [1.82, 2.24) is 9.80 Å². The number of likely N-dealkylation sites (tertiary alicyclic amines) is 2. The molecule has 4 rings (SSSR count). The first kappa shape index (κ1) is 19.2. The lowest BCUT2D eigenvalue weighted by atomic mass is 9.93. The first-order valence-corrected chi connectivity index (χ1v) is 10.8. The van der Waals surface area contributed by atoms with Crippen molar-refractivity contribution in [3.8, 4) is 0 Å². The van der Waals surface area contributed by atoms with Crippen LogP contribution in [0.1, 0.15) is 43.7 Å². The van der Waals surface area contributed by atoms with E-state index in [-0.39, 0.29) is 22.8 Å². The second-order valence-electron chi connectivity index (χ2n) is 8.16. The Bertz CT molecular complexity index is 712. The van der Waals surface area contributed by atoms with E-state index in [2.05, 4.69) is 15.9 Å². The predicted molar refractivity (Wildman–Crippen MR) is 110 cm³/mol. The third kappa shape index (κ3) is 4.47. The largest absolute Gasteiger partial charge is 0.300 e. The topological polar surface area (TPSA) is 23.6 Å². The number of ketones is 1. The van der Waals surface area contributed by atoms with Gasteiger partial charge in [0.1, 0.15) is 5.82 Å². The number of Topliss-reactive ketones (excluding diaryl/α,β-unsaturated/α-hetero) is 1. The number of carbonyl (C=O) groups is 1. The predicted octanol–water partition coefficient (Wildman–Crippen LogP) is 3.87. The molecule has 1 saturated carbocycles. The van der Waals surface area contributed by atoms with E-state index in [0.717, 1.165) is 32.4 Å². The fourth-order valence-electron chi connectivity index (χ4n) is 4.34. The molecule has 2 aliphatic heterocycles. The summed E-state index contributed by atoms with van der Waals surface area (Å²) in [5, 5.41) is 0.237. The number of hydrogen-bond acceptors (Lipinski definition) is 4. The van der Waals surface area contributed by atoms with Gasteiger partial charge in [-0.25, -0.2) is 4.39 Å². The molecule has 0 radical (unpaired) electrons. The first-order valence-electron chi connectivity index (χ1n) is 10.2. The van der Waals surface area contributed by atoms with E-state index < -0.39 is 6.04 Å². The van der Waals surface area contributed by atoms with Crippen molar-refractivity contribution in [1.29, 1.82) is 0 Å². The van der Waals surface area contributed by atoms with Crippen LogP contribution < -0.4 is 0 Å². The quantitative estimate of drug-likeness (QED) is 0.591. The highest BCUT2D eigenvalue weighted by Crippen LogP contribution is 2.39. The molecule has 3 aliphatic rings. The number of benzene rings is 1. The van der Waals surface area contributed by atoms with Gasteiger partial charge in [-0.3, -0.25) is 14.6 Å². The molecule has 0 spiro atoms. The van der Waals surface area contributed by atoms with Gasteiger partial charge in [0, 0.05) is 36.4 Å². The number of thiol groups is 1. The minimum Gasteiger partial charge on any atom is -0.300 e. The number of rotatable bonds is 6. The second kappa shape index (κ2) is 8.46. The smallest absolute Gasteiger partial charge is 0.157 e. The Balaban J connectivity index is 1.55. The second-order valence-corrected chi connectivity index (χ2v) is 8.79. The Hall–Kier alpha value is -1.17. The Kier molecular flexibility index (Phi) is 6.00. The standard InChI is InChI=1S/C22H29FN2OS/c23-19-6-2-1-5-18(19)21(22(26)16-7-8-16)25-14-10-20(27)17(15-25)9-13-24-11-3-4-12-24/h1-2,5-6,9,16,20-21,27H,3-4,7-8,10-15H2/b17-9+. The van der Waals surface area contributed by atoms with Crippen molar-refractivity contribution in [2.24, 2.45) is 5.92 Å². The first-order chi connectivity index (χ1) is 13.1. The number of nitrogens with zero attached hydrogens (tertiary/aromatic N) is 2. The van der Waals surface area contributed by atoms with Crippen LogP contribution in [0.4, 0.5) is 4.39 Å². The summed E-state index contributed by atoms with van der Waals surface area (Å²) in [5.41, 5.74) is 1.81. The maximum absolute atomic E-state index is 14.5. The Morgan fingerprint density at radius 2 is 1.93 bits per heavy atom. The highest BCUT2D eigenvalue weighted by Gasteiger charge is 2.40. The normalized spacial score (nSPS) is 27.2. The lowest BCUT2D eigenvalue weighted by Gasteiger charge is -2.38. The lowest BCUT2D eigenvalue weighted by molar-refractivity contribution is -0.126. The van der Waals surface area contributed by atoms with Gasteiger partial charge in [0.2, 0.25) is 0 Å². The van der Waals surface area contributed by atoms with Crippen molar-refractivity contribution in [2.45, 2.75) is 43.4 Å². The van der Waals surface area contributed by atoms with Gasteiger partial charge in [-0.05, 0) is 56.8 Å². The van der Waals surface area contributed by atoms with Crippen molar-refractivity contribution in [2.75, 3.05) is 32.7 Å². The van der Waals surface area contributed by atoms with Crippen LogP contribution >= 0.6 is 12.6 Å². The highest BCUT2D eigenvalue weighted by atomic mass is 32.1. The summed E-state index contributed by atoms with van der Waals surface area (Å²) in [5.74, 6) is 0.0315. The zero-order chi connectivity index (χ0) is 18.8. The minimum absolute atomic E-state index is 0.111. The summed E-state index contributed by atoms with van der Waals surface area (Å²) in [6.45, 7) is 4.79. The SMILES string of the molecule is O=C(C1CC1)C(c1ccccc1F)N1CCC(S)/C(=C/CN2CCCC2)C1. The molecule has 3 nitrogen and oxygen atoms in total. The molecule has 0 aromatic heterocycles. The summed E-state index contributed by atoms with van der Waals surface area (Å²) in [6, 6.07) is 6.31. The molecule has 0 amide bonds. The number of piperidine rings is 1. The lowest BCUT2D eigenvalue weighted by Crippen LogP contribution is -2.43. The summed E-state index contributed by atoms with van der Waals surface area (Å²) in [6.07, 6.45) is 7.66. The Morgan fingerprint density at radius 1 is 1.19 bits per heavy atom. The monoisotopic (exact) mass is 388 g/mol. The van der Waals surface area contributed by atoms with Gasteiger partial charge in [0.25, 0.3) is 0 Å². The van der Waals surface area contributed by atoms with Crippen molar-refractivity contribution < 1.29 is 9.18 Å². The molecule has 2 atom stereocenters. The summed E-state index contributed by atoms with van der Waals surface area (Å²) in [7, 11) is 0. The Labute approximate surface area is 167 Å². The van der Waals surface area contributed by atoms with Gasteiger partial charge in [-0.2, -0.15) is 12.6 Å². The minimum atomic E-state index is -0.463. The molecule has 27 heavy (non-hydrogen) atoms. The molecule has 146 valence electrons. The molecule has 5 heteroatoms. The Morgan fingerprint density at radius 3 is 2.63 bits per heavy atom. The van der Waals surface area contributed by atoms with E-state index in [1.807, 2.05) is 6.07 Å². The van der Waals surface area contributed by atoms with Gasteiger partial charge < -0.3 is 0 Å². The molecular formula is C22H29FN2OS. The third-order valence-electron chi connectivity index (χ3n) is 6.13. The molecule has 0 N–H and O–H groups in total. The maximum Gasteiger partial charge on any atom is 0.157 e. The van der Waals surface area contributed by atoms with E-state index >= 15 is 0 Å². The zero-order valence-corrected chi connectivity index (χ0v) is 16.7. The third-order valence-corrected chi connectivity index (χ3v) is 6.72. The van der Waals surface area contributed by atoms with Gasteiger partial charge >= 0.3 is 0 Å². The molecule has 1 aliphatic carbocycles. The molecule has 2 unspecified atom stereocenters. The van der Waals surface area contributed by atoms with E-state index in [1.54, 1.807) is 12.1 Å². The van der Waals surface area contributed by atoms with Crippen LogP contribution in [0.5, 0.6) is 0 Å². The van der Waals surface area contributed by atoms with Crippen LogP contribution in [0.15, 0.2) is 35.9 Å². The molecule has 3 fully saturated rings. The van der Waals surface area contributed by atoms with Gasteiger partial charge in [-0.1, -0.05) is 24.3 Å². The van der Waals surface area contributed by atoms with Crippen LogP contribution in [0.25, 0.3) is 0 Å². The van der Waals surface area contributed by atoms with Crippen molar-refractivity contribution in [3.63, 3.8) is 0 Å². The van der Waals surface area contributed by atoms with Crippen molar-refractivity contribution in [3.05, 3.63) is 47.3 Å². The number of carbonyl (C=O) groups excluding carboxylic acids is 1. The number of hydrogen-bond donors (Lipinski definition) is 1. The fraction of sp³-hybridized carbons (Fsp3) is 0.591. The molecule has 1 aromatic carbocycles. The number of halogens is 1. The van der Waals surface area contributed by atoms with Crippen LogP contribution in [0, 0.1) is 11.7 Å². The van der Waals surface area contributed by atoms with Crippen LogP contribution in [-0.2, 0) is 4.79 Å². The van der Waals surface area contributed by atoms with Crippen LogP contribution in [0.3, 0.4) is 0 Å². The molecule has 0 bridgehead atoms. The summed E-state index contributed by atoms with van der Waals surface area (Å²) >= 11 is 4.78. The molecule has 2 heterocycles. The molecule has 2 saturated heterocycles. The van der Waals surface area contributed by atoms with E-state index in [1.165, 1.54) is 37.6 Å². The highest BCUT2D eigenvalue weighted by molar-refractivity contribution is 7.81. The van der Waals surface area contributed by atoms with Gasteiger partial charge in [0.05, 0.1) is 6.04 Å². The average Bonchev–Trinajstić information content (AvgIpc) is 3.39. The van der Waals surface area contributed by atoms with E-state index in [0.29, 0.717) is 12.1 Å². The van der Waals surface area contributed by atoms with Crippen LogP contribution in [0.2, 0.25) is 0 Å². The van der Waals surface area contributed by atoms with E-state index in [4.69, 9.17) is 12.6 Å². The maximum atomic E-state index is 14.5. The van der Waals surface area contributed by atoms with E-state index in [9.17, 15) is 9.18 Å². The molecular weight excluding hydrogens is 359 g/mol. The van der Waals surface area contributed by atoms with Crippen LogP contribution in [-0.4, -0.2) is 53.6 Å².